The minimum absolute atomic E-state index is 0.0753. The van der Waals surface area contributed by atoms with Gasteiger partial charge in [-0.2, -0.15) is 4.98 Å². The normalized spacial score (nSPS) is 11.9. The second-order valence-corrected chi connectivity index (χ2v) is 9.41. The standard InChI is InChI=1S/C19H13Cl2N5O3S2/c20-12-2-1-3-13(21)15(12)16(27)17-18(22)25-19(30-17)24-10-4-6-11(7-5-10)31(28)8-14-23-9-29-26-14/h1-7,9H,8,22H2,(H,24,25). The Morgan fingerprint density at radius 1 is 1.16 bits per heavy atom. The Bertz CT molecular complexity index is 1240. The molecular weight excluding hydrogens is 481 g/mol. The molecule has 0 saturated carbocycles. The zero-order valence-electron chi connectivity index (χ0n) is 15.5. The van der Waals surface area contributed by atoms with Crippen LogP contribution in [-0.2, 0) is 16.6 Å². The number of ketones is 1. The Labute approximate surface area is 192 Å². The van der Waals surface area contributed by atoms with Gasteiger partial charge in [-0.1, -0.05) is 45.8 Å². The molecule has 0 aliphatic carbocycles. The average Bonchev–Trinajstić information content (AvgIpc) is 3.37. The van der Waals surface area contributed by atoms with Crippen LogP contribution >= 0.6 is 34.5 Å². The Kier molecular flexibility index (Phi) is 6.33. The third kappa shape index (κ3) is 4.77. The van der Waals surface area contributed by atoms with Gasteiger partial charge in [-0.3, -0.25) is 9.00 Å². The third-order valence-corrected chi connectivity index (χ3v) is 7.02. The molecule has 8 nitrogen and oxygen atoms in total. The number of carbonyl (C=O) groups is 1. The molecule has 0 bridgehead atoms. The van der Waals surface area contributed by atoms with Gasteiger partial charge in [-0.25, -0.2) is 4.98 Å². The summed E-state index contributed by atoms with van der Waals surface area (Å²) >= 11 is 13.4. The number of hydrogen-bond donors (Lipinski definition) is 2. The van der Waals surface area contributed by atoms with Crippen molar-refractivity contribution in [2.45, 2.75) is 10.6 Å². The van der Waals surface area contributed by atoms with Crippen molar-refractivity contribution in [1.82, 2.24) is 15.1 Å². The predicted molar refractivity (Wildman–Crippen MR) is 121 cm³/mol. The van der Waals surface area contributed by atoms with E-state index in [9.17, 15) is 9.00 Å². The number of thiazole rings is 1. The minimum Gasteiger partial charge on any atom is -0.382 e. The van der Waals surface area contributed by atoms with E-state index in [1.165, 1.54) is 6.39 Å². The highest BCUT2D eigenvalue weighted by atomic mass is 35.5. The summed E-state index contributed by atoms with van der Waals surface area (Å²) in [4.78, 5) is 21.8. The highest BCUT2D eigenvalue weighted by molar-refractivity contribution is 7.84. The summed E-state index contributed by atoms with van der Waals surface area (Å²) in [5.74, 6) is 0.203. The number of nitrogen functional groups attached to an aromatic ring is 1. The molecule has 3 N–H and O–H groups in total. The van der Waals surface area contributed by atoms with Gasteiger partial charge < -0.3 is 15.6 Å². The quantitative estimate of drug-likeness (QED) is 0.355. The lowest BCUT2D eigenvalue weighted by molar-refractivity contribution is 0.104. The maximum absolute atomic E-state index is 12.9. The lowest BCUT2D eigenvalue weighted by Gasteiger charge is -2.05. The maximum Gasteiger partial charge on any atom is 0.213 e. The summed E-state index contributed by atoms with van der Waals surface area (Å²) in [5, 5.41) is 7.64. The van der Waals surface area contributed by atoms with E-state index in [2.05, 4.69) is 25.0 Å². The van der Waals surface area contributed by atoms with Gasteiger partial charge in [0.1, 0.15) is 10.7 Å². The lowest BCUT2D eigenvalue weighted by Crippen LogP contribution is -2.04. The molecule has 0 radical (unpaired) electrons. The van der Waals surface area contributed by atoms with Crippen molar-refractivity contribution in [3.05, 3.63) is 75.2 Å². The molecule has 0 aliphatic rings. The van der Waals surface area contributed by atoms with Crippen molar-refractivity contribution in [1.29, 1.82) is 0 Å². The molecule has 0 fully saturated rings. The molecule has 1 atom stereocenters. The van der Waals surface area contributed by atoms with Crippen LogP contribution in [0.2, 0.25) is 10.0 Å². The van der Waals surface area contributed by atoms with Crippen LogP contribution in [0.1, 0.15) is 21.1 Å². The number of halogens is 2. The number of rotatable bonds is 7. The summed E-state index contributed by atoms with van der Waals surface area (Å²) in [6.07, 6.45) is 1.19. The number of benzene rings is 2. The largest absolute Gasteiger partial charge is 0.382 e. The number of hydrogen-bond acceptors (Lipinski definition) is 9. The molecule has 0 spiro atoms. The molecule has 0 aliphatic heterocycles. The van der Waals surface area contributed by atoms with Crippen molar-refractivity contribution in [2.24, 2.45) is 0 Å². The van der Waals surface area contributed by atoms with Crippen molar-refractivity contribution >= 4 is 67.8 Å². The Balaban J connectivity index is 1.49. The van der Waals surface area contributed by atoms with Crippen LogP contribution in [0, 0.1) is 0 Å². The van der Waals surface area contributed by atoms with Crippen LogP contribution in [0.5, 0.6) is 0 Å². The SMILES string of the molecule is Nc1nc(Nc2ccc(S(=O)Cc3ncon3)cc2)sc1C(=O)c1c(Cl)cccc1Cl. The molecule has 2 heterocycles. The molecule has 4 aromatic rings. The van der Waals surface area contributed by atoms with E-state index < -0.39 is 16.6 Å². The Hall–Kier alpha value is -2.79. The highest BCUT2D eigenvalue weighted by Gasteiger charge is 2.22. The first-order chi connectivity index (χ1) is 14.9. The first-order valence-electron chi connectivity index (χ1n) is 8.68. The monoisotopic (exact) mass is 493 g/mol. The third-order valence-electron chi connectivity index (χ3n) is 4.09. The van der Waals surface area contributed by atoms with Crippen LogP contribution in [0.3, 0.4) is 0 Å². The Morgan fingerprint density at radius 2 is 1.87 bits per heavy atom. The molecule has 0 amide bonds. The van der Waals surface area contributed by atoms with Crippen LogP contribution < -0.4 is 11.1 Å². The fourth-order valence-electron chi connectivity index (χ4n) is 2.65. The molecule has 0 saturated heterocycles. The molecule has 31 heavy (non-hydrogen) atoms. The maximum atomic E-state index is 12.9. The van der Waals surface area contributed by atoms with Crippen LogP contribution in [0.15, 0.2) is 58.3 Å². The van der Waals surface area contributed by atoms with E-state index in [0.717, 1.165) is 11.3 Å². The van der Waals surface area contributed by atoms with Gasteiger partial charge in [0.15, 0.2) is 11.0 Å². The van der Waals surface area contributed by atoms with Crippen molar-refractivity contribution in [2.75, 3.05) is 11.1 Å². The van der Waals surface area contributed by atoms with Crippen molar-refractivity contribution in [3.8, 4) is 0 Å². The van der Waals surface area contributed by atoms with Gasteiger partial charge in [0.25, 0.3) is 0 Å². The average molecular weight is 494 g/mol. The molecule has 2 aromatic carbocycles. The van der Waals surface area contributed by atoms with Gasteiger partial charge in [0, 0.05) is 10.6 Å². The van der Waals surface area contributed by atoms with Gasteiger partial charge >= 0.3 is 0 Å². The summed E-state index contributed by atoms with van der Waals surface area (Å²) < 4.78 is 17.0. The van der Waals surface area contributed by atoms with E-state index in [-0.39, 0.29) is 32.1 Å². The lowest BCUT2D eigenvalue weighted by atomic mass is 10.1. The molecular formula is C19H13Cl2N5O3S2. The first kappa shape index (κ1) is 21.4. The smallest absolute Gasteiger partial charge is 0.213 e. The molecule has 2 aromatic heterocycles. The summed E-state index contributed by atoms with van der Waals surface area (Å²) in [6, 6.07) is 11.7. The van der Waals surface area contributed by atoms with Gasteiger partial charge in [0.2, 0.25) is 12.2 Å². The molecule has 1 unspecified atom stereocenters. The van der Waals surface area contributed by atoms with Crippen LogP contribution in [-0.4, -0.2) is 25.1 Å². The Morgan fingerprint density at radius 3 is 2.52 bits per heavy atom. The van der Waals surface area contributed by atoms with Gasteiger partial charge in [-0.15, -0.1) is 0 Å². The van der Waals surface area contributed by atoms with E-state index in [4.69, 9.17) is 28.9 Å². The van der Waals surface area contributed by atoms with Gasteiger partial charge in [-0.05, 0) is 36.4 Å². The fourth-order valence-corrected chi connectivity index (χ4v) is 5.03. The van der Waals surface area contributed by atoms with Crippen molar-refractivity contribution < 1.29 is 13.5 Å². The molecule has 158 valence electrons. The number of aromatic nitrogens is 3. The highest BCUT2D eigenvalue weighted by Crippen LogP contribution is 2.34. The van der Waals surface area contributed by atoms with E-state index in [1.54, 1.807) is 42.5 Å². The summed E-state index contributed by atoms with van der Waals surface area (Å²) in [6.45, 7) is 0. The van der Waals surface area contributed by atoms with E-state index >= 15 is 0 Å². The summed E-state index contributed by atoms with van der Waals surface area (Å²) in [5.41, 5.74) is 6.82. The number of anilines is 3. The first-order valence-corrected chi connectivity index (χ1v) is 11.6. The van der Waals surface area contributed by atoms with Gasteiger partial charge in [0.05, 0.1) is 32.2 Å². The summed E-state index contributed by atoms with van der Waals surface area (Å²) in [7, 11) is -1.31. The second-order valence-electron chi connectivity index (χ2n) is 6.15. The van der Waals surface area contributed by atoms with E-state index in [1.807, 2.05) is 0 Å². The topological polar surface area (TPSA) is 124 Å². The second kappa shape index (κ2) is 9.15. The number of carbonyl (C=O) groups excluding carboxylic acids is 1. The molecule has 12 heteroatoms. The predicted octanol–water partition coefficient (Wildman–Crippen LogP) is 4.70. The van der Waals surface area contributed by atoms with Crippen LogP contribution in [0.4, 0.5) is 16.6 Å². The fraction of sp³-hybridized carbons (Fsp3) is 0.0526. The zero-order chi connectivity index (χ0) is 22.0. The van der Waals surface area contributed by atoms with Crippen LogP contribution in [0.25, 0.3) is 0 Å². The zero-order valence-corrected chi connectivity index (χ0v) is 18.7. The molecule has 4 rings (SSSR count). The van der Waals surface area contributed by atoms with E-state index in [0.29, 0.717) is 21.5 Å². The number of nitrogens with one attached hydrogen (secondary N) is 1. The number of nitrogens with two attached hydrogens (primary N) is 1. The minimum atomic E-state index is -1.31. The van der Waals surface area contributed by atoms with Crippen molar-refractivity contribution in [3.63, 3.8) is 0 Å². The number of nitrogens with zero attached hydrogens (tertiary/aromatic N) is 3.